The highest BCUT2D eigenvalue weighted by atomic mass is 32.2. The number of aromatic nitrogens is 2. The summed E-state index contributed by atoms with van der Waals surface area (Å²) in [5, 5.41) is 9.61. The van der Waals surface area contributed by atoms with E-state index in [1.807, 2.05) is 31.2 Å². The van der Waals surface area contributed by atoms with Crippen molar-refractivity contribution < 1.29 is 5.11 Å². The quantitative estimate of drug-likeness (QED) is 0.644. The summed E-state index contributed by atoms with van der Waals surface area (Å²) >= 11 is 1.38. The molecule has 0 radical (unpaired) electrons. The average molecular weight is 248 g/mol. The third-order valence-electron chi connectivity index (χ3n) is 2.20. The van der Waals surface area contributed by atoms with Gasteiger partial charge in [0.15, 0.2) is 5.16 Å². The van der Waals surface area contributed by atoms with E-state index < -0.39 is 0 Å². The molecule has 1 aromatic carbocycles. The number of nitrogens with zero attached hydrogens (tertiary/aromatic N) is 1. The number of benzene rings is 1. The Bertz CT molecular complexity index is 563. The van der Waals surface area contributed by atoms with E-state index in [2.05, 4.69) is 9.97 Å². The Morgan fingerprint density at radius 2 is 2.06 bits per heavy atom. The summed E-state index contributed by atoms with van der Waals surface area (Å²) in [6, 6.07) is 9.19. The molecule has 1 aromatic heterocycles. The molecule has 4 nitrogen and oxygen atoms in total. The highest BCUT2D eigenvalue weighted by molar-refractivity contribution is 7.98. The lowest BCUT2D eigenvalue weighted by Crippen LogP contribution is -2.06. The molecule has 0 fully saturated rings. The van der Waals surface area contributed by atoms with Crippen LogP contribution in [0.1, 0.15) is 11.1 Å². The van der Waals surface area contributed by atoms with Gasteiger partial charge in [-0.2, -0.15) is 4.98 Å². The maximum Gasteiger partial charge on any atom is 0.255 e. The van der Waals surface area contributed by atoms with Gasteiger partial charge in [0.1, 0.15) is 0 Å². The molecule has 0 aliphatic carbocycles. The number of hydrogen-bond acceptors (Lipinski definition) is 4. The second-order valence-corrected chi connectivity index (χ2v) is 4.65. The average Bonchev–Trinajstić information content (AvgIpc) is 2.27. The summed E-state index contributed by atoms with van der Waals surface area (Å²) in [5.41, 5.74) is 2.01. The van der Waals surface area contributed by atoms with Crippen LogP contribution in [-0.4, -0.2) is 15.1 Å². The smallest absolute Gasteiger partial charge is 0.255 e. The number of H-pyrrole nitrogens is 1. The van der Waals surface area contributed by atoms with Gasteiger partial charge in [-0.3, -0.25) is 4.79 Å². The fourth-order valence-electron chi connectivity index (χ4n) is 1.33. The lowest BCUT2D eigenvalue weighted by Gasteiger charge is -2.02. The molecule has 88 valence electrons. The molecule has 5 heteroatoms. The van der Waals surface area contributed by atoms with Crippen LogP contribution in [0, 0.1) is 6.92 Å². The molecular weight excluding hydrogens is 236 g/mol. The van der Waals surface area contributed by atoms with Crippen molar-refractivity contribution in [1.82, 2.24) is 9.97 Å². The SMILES string of the molecule is Cc1ccc(CSc2nc(O)cc(=O)[nH]2)cc1. The van der Waals surface area contributed by atoms with Crippen LogP contribution < -0.4 is 5.56 Å². The minimum Gasteiger partial charge on any atom is -0.493 e. The normalized spacial score (nSPS) is 10.4. The van der Waals surface area contributed by atoms with Gasteiger partial charge in [0.25, 0.3) is 5.56 Å². The van der Waals surface area contributed by atoms with Crippen LogP contribution in [0.4, 0.5) is 0 Å². The molecule has 2 rings (SSSR count). The maximum atomic E-state index is 11.1. The Morgan fingerprint density at radius 3 is 2.71 bits per heavy atom. The molecule has 0 spiro atoms. The van der Waals surface area contributed by atoms with Crippen LogP contribution in [0.5, 0.6) is 5.88 Å². The Balaban J connectivity index is 2.07. The Hall–Kier alpha value is -1.75. The third kappa shape index (κ3) is 3.35. The van der Waals surface area contributed by atoms with Crippen molar-refractivity contribution >= 4 is 11.8 Å². The lowest BCUT2D eigenvalue weighted by atomic mass is 10.2. The zero-order valence-electron chi connectivity index (χ0n) is 9.30. The maximum absolute atomic E-state index is 11.1. The van der Waals surface area contributed by atoms with Crippen molar-refractivity contribution in [3.63, 3.8) is 0 Å². The summed E-state index contributed by atoms with van der Waals surface area (Å²) in [4.78, 5) is 17.5. The largest absolute Gasteiger partial charge is 0.493 e. The number of hydrogen-bond donors (Lipinski definition) is 2. The van der Waals surface area contributed by atoms with Crippen molar-refractivity contribution in [2.75, 3.05) is 0 Å². The van der Waals surface area contributed by atoms with Crippen molar-refractivity contribution in [1.29, 1.82) is 0 Å². The van der Waals surface area contributed by atoms with Crippen molar-refractivity contribution in [2.24, 2.45) is 0 Å². The molecule has 0 amide bonds. The molecule has 0 unspecified atom stereocenters. The molecule has 2 N–H and O–H groups in total. The Morgan fingerprint density at radius 1 is 1.35 bits per heavy atom. The van der Waals surface area contributed by atoms with Crippen LogP contribution >= 0.6 is 11.8 Å². The van der Waals surface area contributed by atoms with E-state index in [1.165, 1.54) is 17.3 Å². The summed E-state index contributed by atoms with van der Waals surface area (Å²) in [6.07, 6.45) is 0. The fourth-order valence-corrected chi connectivity index (χ4v) is 2.15. The predicted molar refractivity (Wildman–Crippen MR) is 67.3 cm³/mol. The first-order valence-corrected chi connectivity index (χ1v) is 6.11. The molecule has 0 aliphatic heterocycles. The van der Waals surface area contributed by atoms with Gasteiger partial charge < -0.3 is 10.1 Å². The second-order valence-electron chi connectivity index (χ2n) is 3.68. The van der Waals surface area contributed by atoms with E-state index in [1.54, 1.807) is 0 Å². The predicted octanol–water partition coefficient (Wildman–Crippen LogP) is 2.08. The van der Waals surface area contributed by atoms with Crippen molar-refractivity contribution in [3.8, 4) is 5.88 Å². The highest BCUT2D eigenvalue weighted by Gasteiger charge is 2.01. The molecular formula is C12H12N2O2S. The van der Waals surface area contributed by atoms with Crippen LogP contribution in [0.2, 0.25) is 0 Å². The zero-order chi connectivity index (χ0) is 12.3. The van der Waals surface area contributed by atoms with Crippen molar-refractivity contribution in [3.05, 3.63) is 51.8 Å². The van der Waals surface area contributed by atoms with Crippen LogP contribution in [-0.2, 0) is 5.75 Å². The first-order valence-electron chi connectivity index (χ1n) is 5.12. The Labute approximate surface area is 103 Å². The first kappa shape index (κ1) is 11.7. The lowest BCUT2D eigenvalue weighted by molar-refractivity contribution is 0.444. The number of aromatic hydroxyl groups is 1. The van der Waals surface area contributed by atoms with Crippen LogP contribution in [0.15, 0.2) is 40.3 Å². The number of nitrogens with one attached hydrogen (secondary N) is 1. The number of thioether (sulfide) groups is 1. The third-order valence-corrected chi connectivity index (χ3v) is 3.15. The minimum absolute atomic E-state index is 0.250. The van der Waals surface area contributed by atoms with Gasteiger partial charge in [-0.15, -0.1) is 0 Å². The standard InChI is InChI=1S/C12H12N2O2S/c1-8-2-4-9(5-3-8)7-17-12-13-10(15)6-11(16)14-12/h2-6H,7H2,1H3,(H2,13,14,15,16). The van der Waals surface area contributed by atoms with E-state index in [4.69, 9.17) is 0 Å². The van der Waals surface area contributed by atoms with Gasteiger partial charge in [0.2, 0.25) is 5.88 Å². The van der Waals surface area contributed by atoms with Crippen LogP contribution in [0.25, 0.3) is 0 Å². The van der Waals surface area contributed by atoms with Crippen LogP contribution in [0.3, 0.4) is 0 Å². The molecule has 0 aliphatic rings. The molecule has 2 aromatic rings. The summed E-state index contributed by atoms with van der Waals surface area (Å²) in [5.74, 6) is 0.451. The van der Waals surface area contributed by atoms with E-state index >= 15 is 0 Å². The second kappa shape index (κ2) is 5.05. The van der Waals surface area contributed by atoms with Gasteiger partial charge >= 0.3 is 0 Å². The van der Waals surface area contributed by atoms with E-state index in [9.17, 15) is 9.90 Å². The molecule has 0 bridgehead atoms. The monoisotopic (exact) mass is 248 g/mol. The topological polar surface area (TPSA) is 66.0 Å². The summed E-state index contributed by atoms with van der Waals surface area (Å²) in [7, 11) is 0. The van der Waals surface area contributed by atoms with Gasteiger partial charge in [-0.05, 0) is 12.5 Å². The molecule has 17 heavy (non-hydrogen) atoms. The van der Waals surface area contributed by atoms with Gasteiger partial charge in [-0.25, -0.2) is 0 Å². The Kier molecular flexibility index (Phi) is 3.49. The number of aromatic amines is 1. The molecule has 0 saturated heterocycles. The minimum atomic E-state index is -0.344. The van der Waals surface area contributed by atoms with Crippen molar-refractivity contribution in [2.45, 2.75) is 17.8 Å². The molecule has 0 atom stereocenters. The highest BCUT2D eigenvalue weighted by Crippen LogP contribution is 2.19. The first-order chi connectivity index (χ1) is 8.13. The summed E-state index contributed by atoms with van der Waals surface area (Å²) in [6.45, 7) is 2.03. The summed E-state index contributed by atoms with van der Waals surface area (Å²) < 4.78 is 0. The van der Waals surface area contributed by atoms with Gasteiger partial charge in [-0.1, -0.05) is 41.6 Å². The van der Waals surface area contributed by atoms with E-state index in [-0.39, 0.29) is 11.4 Å². The molecule has 0 saturated carbocycles. The van der Waals surface area contributed by atoms with E-state index in [0.29, 0.717) is 10.9 Å². The van der Waals surface area contributed by atoms with Gasteiger partial charge in [0.05, 0.1) is 6.07 Å². The van der Waals surface area contributed by atoms with E-state index in [0.717, 1.165) is 11.6 Å². The number of rotatable bonds is 3. The molecule has 1 heterocycles. The number of aryl methyl sites for hydroxylation is 1. The zero-order valence-corrected chi connectivity index (χ0v) is 10.1. The fraction of sp³-hybridized carbons (Fsp3) is 0.167. The van der Waals surface area contributed by atoms with Gasteiger partial charge in [0, 0.05) is 5.75 Å².